The quantitative estimate of drug-likeness (QED) is 0.305. The van der Waals surface area contributed by atoms with Crippen molar-refractivity contribution in [1.82, 2.24) is 15.2 Å². The number of aromatic amines is 1. The van der Waals surface area contributed by atoms with Crippen LogP contribution in [0.2, 0.25) is 15.1 Å². The van der Waals surface area contributed by atoms with Gasteiger partial charge in [-0.2, -0.15) is 5.10 Å². The summed E-state index contributed by atoms with van der Waals surface area (Å²) >= 11 is 18.2. The largest absolute Gasteiger partial charge is 0.462 e. The van der Waals surface area contributed by atoms with Crippen LogP contribution in [0.15, 0.2) is 48.8 Å². The maximum absolute atomic E-state index is 12.0. The van der Waals surface area contributed by atoms with Crippen LogP contribution in [0.1, 0.15) is 40.7 Å². The Bertz CT molecular complexity index is 950. The number of nitrogens with zero attached hydrogens (tertiary/aromatic N) is 2. The molecule has 0 saturated carbocycles. The molecule has 0 radical (unpaired) electrons. The molecule has 0 saturated heterocycles. The summed E-state index contributed by atoms with van der Waals surface area (Å²) < 4.78 is 11.3. The van der Waals surface area contributed by atoms with Crippen LogP contribution in [0, 0.1) is 0 Å². The van der Waals surface area contributed by atoms with Crippen LogP contribution in [0.4, 0.5) is 0 Å². The Balaban J connectivity index is 1.47. The summed E-state index contributed by atoms with van der Waals surface area (Å²) in [6.07, 6.45) is 3.05. The van der Waals surface area contributed by atoms with Gasteiger partial charge in [0.1, 0.15) is 6.33 Å². The van der Waals surface area contributed by atoms with E-state index in [1.807, 2.05) is 6.07 Å². The van der Waals surface area contributed by atoms with Crippen molar-refractivity contribution in [2.75, 3.05) is 13.2 Å². The average molecular weight is 469 g/mol. The topological polar surface area (TPSA) is 77.1 Å². The molecule has 1 unspecified atom stereocenters. The highest BCUT2D eigenvalue weighted by Gasteiger charge is 2.18. The Labute approximate surface area is 189 Å². The number of carbonyl (C=O) groups excluding carboxylic acids is 1. The van der Waals surface area contributed by atoms with Gasteiger partial charge in [-0.25, -0.2) is 9.78 Å². The molecule has 0 aliphatic carbocycles. The first-order valence-electron chi connectivity index (χ1n) is 9.37. The fourth-order valence-corrected chi connectivity index (χ4v) is 3.44. The number of aromatic nitrogens is 3. The normalized spacial score (nSPS) is 12.0. The van der Waals surface area contributed by atoms with E-state index >= 15 is 0 Å². The summed E-state index contributed by atoms with van der Waals surface area (Å²) in [6.45, 7) is 0.769. The van der Waals surface area contributed by atoms with E-state index in [0.717, 1.165) is 5.56 Å². The maximum Gasteiger partial charge on any atom is 0.338 e. The number of carbonyl (C=O) groups is 1. The molecule has 1 aromatic heterocycles. The smallest absolute Gasteiger partial charge is 0.338 e. The van der Waals surface area contributed by atoms with Crippen LogP contribution in [0.5, 0.6) is 0 Å². The number of esters is 1. The summed E-state index contributed by atoms with van der Waals surface area (Å²) in [5.74, 6) is 0.255. The van der Waals surface area contributed by atoms with Crippen LogP contribution < -0.4 is 0 Å². The van der Waals surface area contributed by atoms with E-state index in [0.29, 0.717) is 58.9 Å². The van der Waals surface area contributed by atoms with Crippen LogP contribution in [-0.2, 0) is 15.9 Å². The highest BCUT2D eigenvalue weighted by molar-refractivity contribution is 6.35. The zero-order valence-electron chi connectivity index (χ0n) is 16.0. The van der Waals surface area contributed by atoms with Crippen molar-refractivity contribution < 1.29 is 14.3 Å². The summed E-state index contributed by atoms with van der Waals surface area (Å²) in [4.78, 5) is 16.1. The number of rotatable bonds is 10. The fraction of sp³-hybridized carbons (Fsp3) is 0.286. The summed E-state index contributed by atoms with van der Waals surface area (Å²) in [7, 11) is 0. The van der Waals surface area contributed by atoms with Crippen molar-refractivity contribution in [2.24, 2.45) is 0 Å². The Morgan fingerprint density at radius 2 is 1.73 bits per heavy atom. The van der Waals surface area contributed by atoms with Gasteiger partial charge in [0.05, 0.1) is 18.3 Å². The van der Waals surface area contributed by atoms with E-state index in [1.165, 1.54) is 6.33 Å². The van der Waals surface area contributed by atoms with Crippen LogP contribution in [-0.4, -0.2) is 34.4 Å². The Hall–Kier alpha value is -2.12. The molecule has 3 rings (SSSR count). The lowest BCUT2D eigenvalue weighted by Gasteiger charge is -2.18. The lowest BCUT2D eigenvalue weighted by Crippen LogP contribution is -2.12. The van der Waals surface area contributed by atoms with Gasteiger partial charge < -0.3 is 9.47 Å². The molecule has 0 amide bonds. The molecule has 30 heavy (non-hydrogen) atoms. The Kier molecular flexibility index (Phi) is 8.51. The van der Waals surface area contributed by atoms with Crippen molar-refractivity contribution >= 4 is 40.8 Å². The molecule has 1 heterocycles. The lowest BCUT2D eigenvalue weighted by molar-refractivity contribution is 0.0377. The monoisotopic (exact) mass is 467 g/mol. The van der Waals surface area contributed by atoms with Crippen molar-refractivity contribution in [2.45, 2.75) is 25.4 Å². The zero-order valence-corrected chi connectivity index (χ0v) is 18.3. The van der Waals surface area contributed by atoms with Crippen molar-refractivity contribution in [3.05, 3.63) is 80.8 Å². The lowest BCUT2D eigenvalue weighted by atomic mass is 10.1. The molecule has 1 N–H and O–H groups in total. The predicted molar refractivity (Wildman–Crippen MR) is 116 cm³/mol. The number of nitrogens with one attached hydrogen (secondary N) is 1. The van der Waals surface area contributed by atoms with Crippen molar-refractivity contribution in [3.8, 4) is 0 Å². The van der Waals surface area contributed by atoms with Gasteiger partial charge >= 0.3 is 5.97 Å². The minimum absolute atomic E-state index is 0.304. The molecule has 0 fully saturated rings. The van der Waals surface area contributed by atoms with Crippen molar-refractivity contribution in [3.63, 3.8) is 0 Å². The first-order chi connectivity index (χ1) is 14.5. The fourth-order valence-electron chi connectivity index (χ4n) is 2.78. The third-order valence-electron chi connectivity index (χ3n) is 4.31. The SMILES string of the molecule is O=C(OCCCCOC(Cc1nc[nH]n1)c1ccc(Cl)cc1Cl)c1ccc(Cl)cc1. The predicted octanol–water partition coefficient (Wildman–Crippen LogP) is 5.70. The summed E-state index contributed by atoms with van der Waals surface area (Å²) in [6, 6.07) is 11.9. The Morgan fingerprint density at radius 1 is 1.00 bits per heavy atom. The van der Waals surface area contributed by atoms with E-state index < -0.39 is 0 Å². The first kappa shape index (κ1) is 22.6. The van der Waals surface area contributed by atoms with Gasteiger partial charge in [-0.15, -0.1) is 0 Å². The first-order valence-corrected chi connectivity index (χ1v) is 10.5. The van der Waals surface area contributed by atoms with E-state index in [1.54, 1.807) is 36.4 Å². The van der Waals surface area contributed by atoms with Crippen LogP contribution in [0.3, 0.4) is 0 Å². The van der Waals surface area contributed by atoms with Crippen LogP contribution in [0.25, 0.3) is 0 Å². The van der Waals surface area contributed by atoms with Gasteiger partial charge in [-0.3, -0.25) is 5.10 Å². The highest BCUT2D eigenvalue weighted by atomic mass is 35.5. The molecule has 9 heteroatoms. The molecule has 158 valence electrons. The van der Waals surface area contributed by atoms with E-state index in [2.05, 4.69) is 15.2 Å². The molecule has 0 aliphatic heterocycles. The molecule has 3 aromatic rings. The molecule has 0 bridgehead atoms. The maximum atomic E-state index is 12.0. The minimum Gasteiger partial charge on any atom is -0.462 e. The molecule has 0 aliphatic rings. The number of ether oxygens (including phenoxy) is 2. The standard InChI is InChI=1S/C21H20Cl3N3O3/c22-15-5-3-14(4-6-15)21(28)30-10-2-1-9-29-19(12-20-25-13-26-27-20)17-8-7-16(23)11-18(17)24/h3-8,11,13,19H,1-2,9-10,12H2,(H,25,26,27). The molecule has 1 atom stereocenters. The van der Waals surface area contributed by atoms with E-state index in [4.69, 9.17) is 44.3 Å². The third-order valence-corrected chi connectivity index (χ3v) is 5.13. The molecular weight excluding hydrogens is 449 g/mol. The number of hydrogen-bond acceptors (Lipinski definition) is 5. The molecule has 6 nitrogen and oxygen atoms in total. The van der Waals surface area contributed by atoms with E-state index in [-0.39, 0.29) is 12.1 Å². The van der Waals surface area contributed by atoms with E-state index in [9.17, 15) is 4.79 Å². The van der Waals surface area contributed by atoms with Gasteiger partial charge in [0.2, 0.25) is 0 Å². The third kappa shape index (κ3) is 6.71. The summed E-state index contributed by atoms with van der Waals surface area (Å²) in [5, 5.41) is 8.44. The number of unbranched alkanes of at least 4 members (excludes halogenated alkanes) is 1. The average Bonchev–Trinajstić information content (AvgIpc) is 3.23. The second kappa shape index (κ2) is 11.3. The van der Waals surface area contributed by atoms with Crippen molar-refractivity contribution in [1.29, 1.82) is 0 Å². The Morgan fingerprint density at radius 3 is 2.43 bits per heavy atom. The number of halogens is 3. The molecular formula is C21H20Cl3N3O3. The van der Waals surface area contributed by atoms with Crippen LogP contribution >= 0.6 is 34.8 Å². The summed E-state index contributed by atoms with van der Waals surface area (Å²) in [5.41, 5.74) is 1.29. The molecule has 0 spiro atoms. The zero-order chi connectivity index (χ0) is 21.3. The van der Waals surface area contributed by atoms with Gasteiger partial charge in [0.25, 0.3) is 0 Å². The van der Waals surface area contributed by atoms with Gasteiger partial charge in [-0.05, 0) is 54.8 Å². The second-order valence-corrected chi connectivity index (χ2v) is 7.77. The highest BCUT2D eigenvalue weighted by Crippen LogP contribution is 2.30. The van der Waals surface area contributed by atoms with Gasteiger partial charge in [0, 0.05) is 28.1 Å². The van der Waals surface area contributed by atoms with Gasteiger partial charge in [0.15, 0.2) is 5.82 Å². The number of hydrogen-bond donors (Lipinski definition) is 1. The molecule has 2 aromatic carbocycles. The number of H-pyrrole nitrogens is 1. The second-order valence-electron chi connectivity index (χ2n) is 6.49. The minimum atomic E-state index is -0.372. The number of benzene rings is 2. The van der Waals surface area contributed by atoms with Gasteiger partial charge in [-0.1, -0.05) is 40.9 Å².